The van der Waals surface area contributed by atoms with Crippen molar-refractivity contribution in [1.82, 2.24) is 14.6 Å². The number of aryl methyl sites for hydroxylation is 1. The average molecular weight is 536 g/mol. The third-order valence-corrected chi connectivity index (χ3v) is 7.02. The topological polar surface area (TPSA) is 182 Å². The Kier molecular flexibility index (Phi) is 9.07. The van der Waals surface area contributed by atoms with Crippen molar-refractivity contribution in [3.63, 3.8) is 0 Å². The molecule has 0 amide bonds. The molecule has 14 heteroatoms. The summed E-state index contributed by atoms with van der Waals surface area (Å²) in [6.07, 6.45) is -3.09. The highest BCUT2D eigenvalue weighted by atomic mass is 31.2. The van der Waals surface area contributed by atoms with Crippen molar-refractivity contribution in [3.8, 4) is 11.8 Å². The Balaban J connectivity index is 1.81. The predicted octanol–water partition coefficient (Wildman–Crippen LogP) is 1.38. The molecule has 0 aliphatic carbocycles. The van der Waals surface area contributed by atoms with Crippen molar-refractivity contribution in [3.05, 3.63) is 62.9 Å². The molecular weight excluding hydrogens is 507 g/mol. The number of nitriles is 1. The van der Waals surface area contributed by atoms with E-state index < -0.39 is 68.1 Å². The Morgan fingerprint density at radius 2 is 1.97 bits per heavy atom. The molecule has 0 unspecified atom stereocenters. The second-order valence-corrected chi connectivity index (χ2v) is 10.4. The summed E-state index contributed by atoms with van der Waals surface area (Å²) in [6, 6.07) is 8.88. The summed E-state index contributed by atoms with van der Waals surface area (Å²) in [5.74, 6) is -1.72. The van der Waals surface area contributed by atoms with Gasteiger partial charge in [-0.1, -0.05) is 18.2 Å². The van der Waals surface area contributed by atoms with Gasteiger partial charge in [-0.25, -0.2) is 9.36 Å². The molecule has 3 rings (SSSR count). The lowest BCUT2D eigenvalue weighted by Crippen LogP contribution is -2.37. The van der Waals surface area contributed by atoms with E-state index in [1.54, 1.807) is 32.0 Å². The number of carbonyl (C=O) groups is 1. The fraction of sp³-hybridized carbons (Fsp3) is 0.478. The SMILES string of the molecule is Cc1cn([C@@H]2O[C@H](CO[P@](=O)(N[C@@H](C)C(=O)OC(C)C)Oc3ccccc3)[C@@H](O)[C@H]2C#N)c(=O)[nH]c1=O. The molecule has 0 saturated carbocycles. The van der Waals surface area contributed by atoms with Crippen LogP contribution in [-0.4, -0.2) is 51.6 Å². The van der Waals surface area contributed by atoms with Crippen LogP contribution in [0.15, 0.2) is 46.1 Å². The maximum Gasteiger partial charge on any atom is 0.459 e. The first-order chi connectivity index (χ1) is 17.4. The molecule has 2 heterocycles. The van der Waals surface area contributed by atoms with Crippen LogP contribution in [0.2, 0.25) is 0 Å². The van der Waals surface area contributed by atoms with Crippen LogP contribution in [-0.2, 0) is 23.4 Å². The summed E-state index contributed by atoms with van der Waals surface area (Å²) < 4.78 is 36.6. The Morgan fingerprint density at radius 1 is 1.30 bits per heavy atom. The second kappa shape index (κ2) is 11.9. The monoisotopic (exact) mass is 536 g/mol. The van der Waals surface area contributed by atoms with Gasteiger partial charge in [-0.2, -0.15) is 10.3 Å². The minimum Gasteiger partial charge on any atom is -0.462 e. The fourth-order valence-corrected chi connectivity index (χ4v) is 5.04. The van der Waals surface area contributed by atoms with E-state index in [0.29, 0.717) is 0 Å². The van der Waals surface area contributed by atoms with Crippen LogP contribution in [0.25, 0.3) is 0 Å². The smallest absolute Gasteiger partial charge is 0.459 e. The lowest BCUT2D eigenvalue weighted by Gasteiger charge is -2.25. The summed E-state index contributed by atoms with van der Waals surface area (Å²) in [5, 5.41) is 22.8. The van der Waals surface area contributed by atoms with Crippen LogP contribution >= 0.6 is 7.75 Å². The number of para-hydroxylation sites is 1. The van der Waals surface area contributed by atoms with Gasteiger partial charge < -0.3 is 19.1 Å². The molecule has 3 N–H and O–H groups in total. The number of hydrogen-bond acceptors (Lipinski definition) is 10. The zero-order valence-electron chi connectivity index (χ0n) is 20.7. The van der Waals surface area contributed by atoms with Gasteiger partial charge in [0.15, 0.2) is 6.23 Å². The molecule has 0 spiro atoms. The molecule has 0 radical (unpaired) electrons. The molecule has 37 heavy (non-hydrogen) atoms. The summed E-state index contributed by atoms with van der Waals surface area (Å²) in [6.45, 7) is 5.68. The Hall–Kier alpha value is -3.27. The number of H-pyrrole nitrogens is 1. The summed E-state index contributed by atoms with van der Waals surface area (Å²) in [5.41, 5.74) is -1.23. The number of rotatable bonds is 10. The summed E-state index contributed by atoms with van der Waals surface area (Å²) in [4.78, 5) is 38.4. The largest absolute Gasteiger partial charge is 0.462 e. The summed E-state index contributed by atoms with van der Waals surface area (Å²) in [7, 11) is -4.26. The van der Waals surface area contributed by atoms with Crippen LogP contribution in [0.3, 0.4) is 0 Å². The van der Waals surface area contributed by atoms with Crippen LogP contribution in [0.4, 0.5) is 0 Å². The van der Waals surface area contributed by atoms with Gasteiger partial charge in [-0.3, -0.25) is 23.7 Å². The molecule has 1 aromatic heterocycles. The van der Waals surface area contributed by atoms with E-state index in [0.717, 1.165) is 4.57 Å². The van der Waals surface area contributed by atoms with Crippen molar-refractivity contribution in [2.75, 3.05) is 6.61 Å². The van der Waals surface area contributed by atoms with E-state index in [9.17, 15) is 29.3 Å². The third kappa shape index (κ3) is 6.94. The lowest BCUT2D eigenvalue weighted by molar-refractivity contribution is -0.149. The number of aromatic nitrogens is 2. The van der Waals surface area contributed by atoms with E-state index in [2.05, 4.69) is 10.1 Å². The van der Waals surface area contributed by atoms with Gasteiger partial charge in [0.1, 0.15) is 29.9 Å². The van der Waals surface area contributed by atoms with Gasteiger partial charge in [-0.05, 0) is 39.8 Å². The van der Waals surface area contributed by atoms with Crippen molar-refractivity contribution in [2.24, 2.45) is 5.92 Å². The second-order valence-electron chi connectivity index (χ2n) is 8.72. The first-order valence-corrected chi connectivity index (χ1v) is 13.0. The molecule has 1 aromatic carbocycles. The highest BCUT2D eigenvalue weighted by molar-refractivity contribution is 7.52. The minimum absolute atomic E-state index is 0.179. The van der Waals surface area contributed by atoms with E-state index in [4.69, 9.17) is 18.5 Å². The molecule has 200 valence electrons. The number of hydrogen-bond donors (Lipinski definition) is 3. The van der Waals surface area contributed by atoms with E-state index >= 15 is 0 Å². The number of nitrogens with one attached hydrogen (secondary N) is 2. The number of aliphatic hydroxyl groups excluding tert-OH is 1. The van der Waals surface area contributed by atoms with Gasteiger partial charge in [0, 0.05) is 11.8 Å². The molecule has 0 bridgehead atoms. The molecule has 2 aromatic rings. The number of ether oxygens (including phenoxy) is 2. The molecule has 1 fully saturated rings. The quantitative estimate of drug-likeness (QED) is 0.295. The third-order valence-electron chi connectivity index (χ3n) is 5.37. The van der Waals surface area contributed by atoms with Gasteiger partial charge >= 0.3 is 19.4 Å². The van der Waals surface area contributed by atoms with E-state index in [1.807, 2.05) is 6.07 Å². The maximum atomic E-state index is 13.6. The van der Waals surface area contributed by atoms with Gasteiger partial charge in [0.2, 0.25) is 0 Å². The molecular formula is C23H29N4O9P. The molecule has 1 aliphatic rings. The van der Waals surface area contributed by atoms with Crippen molar-refractivity contribution >= 4 is 13.7 Å². The number of aliphatic hydroxyl groups is 1. The Bertz CT molecular complexity index is 1300. The zero-order chi connectivity index (χ0) is 27.3. The average Bonchev–Trinajstić information content (AvgIpc) is 3.15. The predicted molar refractivity (Wildman–Crippen MR) is 130 cm³/mol. The maximum absolute atomic E-state index is 13.6. The number of aromatic amines is 1. The highest BCUT2D eigenvalue weighted by Crippen LogP contribution is 2.46. The molecule has 6 atom stereocenters. The number of benzene rings is 1. The van der Waals surface area contributed by atoms with E-state index in [-0.39, 0.29) is 11.3 Å². The first kappa shape index (κ1) is 28.3. The van der Waals surface area contributed by atoms with Crippen LogP contribution in [0, 0.1) is 24.2 Å². The lowest BCUT2D eigenvalue weighted by atomic mass is 10.0. The van der Waals surface area contributed by atoms with Gasteiger partial charge in [0.05, 0.1) is 18.8 Å². The van der Waals surface area contributed by atoms with Crippen LogP contribution in [0.1, 0.15) is 32.6 Å². The molecule has 1 aliphatic heterocycles. The van der Waals surface area contributed by atoms with Crippen molar-refractivity contribution in [1.29, 1.82) is 5.26 Å². The van der Waals surface area contributed by atoms with E-state index in [1.165, 1.54) is 32.2 Å². The number of esters is 1. The van der Waals surface area contributed by atoms with Crippen molar-refractivity contribution in [2.45, 2.75) is 58.3 Å². The fourth-order valence-electron chi connectivity index (χ4n) is 3.54. The minimum atomic E-state index is -4.26. The first-order valence-electron chi connectivity index (χ1n) is 11.5. The summed E-state index contributed by atoms with van der Waals surface area (Å²) >= 11 is 0. The number of nitrogens with zero attached hydrogens (tertiary/aromatic N) is 2. The Labute approximate surface area is 212 Å². The number of carbonyl (C=O) groups excluding carboxylic acids is 1. The van der Waals surface area contributed by atoms with Gasteiger partial charge in [-0.15, -0.1) is 0 Å². The van der Waals surface area contributed by atoms with Gasteiger partial charge in [0.25, 0.3) is 5.56 Å². The molecule has 13 nitrogen and oxygen atoms in total. The van der Waals surface area contributed by atoms with Crippen LogP contribution in [0.5, 0.6) is 5.75 Å². The zero-order valence-corrected chi connectivity index (χ0v) is 21.6. The van der Waals surface area contributed by atoms with Crippen LogP contribution < -0.4 is 20.9 Å². The van der Waals surface area contributed by atoms with Crippen molar-refractivity contribution < 1.29 is 33.0 Å². The highest BCUT2D eigenvalue weighted by Gasteiger charge is 2.47. The molecule has 1 saturated heterocycles. The Morgan fingerprint density at radius 3 is 2.59 bits per heavy atom. The normalized spacial score (nSPS) is 23.7. The standard InChI is InChI=1S/C23H29N4O9P/c1-13(2)34-22(30)15(4)26-37(32,36-16-8-6-5-7-9-16)33-12-18-19(28)17(10-24)21(35-18)27-11-14(3)20(29)25-23(27)31/h5-9,11,13,15,17-19,21,28H,12H2,1-4H3,(H,26,32)(H,25,29,31)/t15-,17+,18+,19-,21+,37+/m0/s1.